The maximum atomic E-state index is 14.0. The van der Waals surface area contributed by atoms with Gasteiger partial charge in [-0.3, -0.25) is 0 Å². The molecule has 0 aliphatic carbocycles. The van der Waals surface area contributed by atoms with Crippen LogP contribution in [0.4, 0.5) is 4.39 Å². The van der Waals surface area contributed by atoms with Gasteiger partial charge in [0.25, 0.3) is 0 Å². The van der Waals surface area contributed by atoms with E-state index >= 15 is 0 Å². The van der Waals surface area contributed by atoms with Crippen molar-refractivity contribution >= 4 is 11.8 Å². The van der Waals surface area contributed by atoms with Crippen LogP contribution in [0.5, 0.6) is 0 Å². The first kappa shape index (κ1) is 12.5. The summed E-state index contributed by atoms with van der Waals surface area (Å²) in [7, 11) is 0. The minimum Gasteiger partial charge on any atom is -0.371 e. The zero-order chi connectivity index (χ0) is 12.4. The normalized spacial score (nSPS) is 32.6. The molecule has 3 rings (SSSR count). The molecule has 2 aliphatic heterocycles. The molecular formula is C14H18FNOS. The standard InChI is InChI=1S/C14H18FNOS/c15-12-5-2-1-4-11(12)13-14(17-8-7-16-13)6-3-9-18-10-14/h1-2,4-5,13,16H,3,6-10H2. The van der Waals surface area contributed by atoms with Crippen LogP contribution in [0.2, 0.25) is 0 Å². The molecule has 1 aromatic rings. The number of hydrogen-bond donors (Lipinski definition) is 1. The molecule has 1 spiro atoms. The third-order valence-electron chi connectivity index (χ3n) is 3.82. The van der Waals surface area contributed by atoms with Crippen molar-refractivity contribution in [1.29, 1.82) is 0 Å². The molecular weight excluding hydrogens is 249 g/mol. The lowest BCUT2D eigenvalue weighted by atomic mass is 9.84. The molecule has 98 valence electrons. The van der Waals surface area contributed by atoms with Crippen molar-refractivity contribution in [1.82, 2.24) is 5.32 Å². The predicted molar refractivity (Wildman–Crippen MR) is 72.4 cm³/mol. The quantitative estimate of drug-likeness (QED) is 0.845. The van der Waals surface area contributed by atoms with Gasteiger partial charge in [0, 0.05) is 17.9 Å². The molecule has 4 heteroatoms. The number of benzene rings is 1. The van der Waals surface area contributed by atoms with E-state index in [4.69, 9.17) is 4.74 Å². The smallest absolute Gasteiger partial charge is 0.128 e. The van der Waals surface area contributed by atoms with Gasteiger partial charge in [-0.1, -0.05) is 18.2 Å². The van der Waals surface area contributed by atoms with Crippen LogP contribution in [-0.4, -0.2) is 30.3 Å². The highest BCUT2D eigenvalue weighted by Crippen LogP contribution is 2.42. The van der Waals surface area contributed by atoms with Crippen LogP contribution in [0.3, 0.4) is 0 Å². The third-order valence-corrected chi connectivity index (χ3v) is 5.09. The average molecular weight is 267 g/mol. The Morgan fingerprint density at radius 3 is 3.06 bits per heavy atom. The summed E-state index contributed by atoms with van der Waals surface area (Å²) in [5, 5.41) is 3.46. The number of hydrogen-bond acceptors (Lipinski definition) is 3. The second-order valence-electron chi connectivity index (χ2n) is 4.98. The van der Waals surface area contributed by atoms with Gasteiger partial charge >= 0.3 is 0 Å². The number of rotatable bonds is 1. The van der Waals surface area contributed by atoms with Gasteiger partial charge in [-0.05, 0) is 24.7 Å². The van der Waals surface area contributed by atoms with Crippen molar-refractivity contribution in [2.75, 3.05) is 24.7 Å². The van der Waals surface area contributed by atoms with Crippen LogP contribution >= 0.6 is 11.8 Å². The molecule has 1 N–H and O–H groups in total. The van der Waals surface area contributed by atoms with Crippen molar-refractivity contribution in [3.05, 3.63) is 35.6 Å². The van der Waals surface area contributed by atoms with Crippen LogP contribution in [0.1, 0.15) is 24.4 Å². The Kier molecular flexibility index (Phi) is 3.59. The number of ether oxygens (including phenoxy) is 1. The highest BCUT2D eigenvalue weighted by Gasteiger charge is 2.44. The number of halogens is 1. The molecule has 0 radical (unpaired) electrons. The van der Waals surface area contributed by atoms with Gasteiger partial charge in [-0.25, -0.2) is 4.39 Å². The fraction of sp³-hybridized carbons (Fsp3) is 0.571. The zero-order valence-electron chi connectivity index (χ0n) is 10.3. The lowest BCUT2D eigenvalue weighted by Gasteiger charge is -2.46. The van der Waals surface area contributed by atoms with E-state index in [2.05, 4.69) is 5.32 Å². The van der Waals surface area contributed by atoms with Gasteiger partial charge in [-0.2, -0.15) is 11.8 Å². The lowest BCUT2D eigenvalue weighted by molar-refractivity contribution is -0.0895. The van der Waals surface area contributed by atoms with Gasteiger partial charge in [0.2, 0.25) is 0 Å². The molecule has 1 aromatic carbocycles. The fourth-order valence-electron chi connectivity index (χ4n) is 2.96. The molecule has 2 unspecified atom stereocenters. The van der Waals surface area contributed by atoms with E-state index in [0.717, 1.165) is 37.3 Å². The second kappa shape index (κ2) is 5.19. The topological polar surface area (TPSA) is 21.3 Å². The Balaban J connectivity index is 1.94. The molecule has 0 amide bonds. The number of nitrogens with one attached hydrogen (secondary N) is 1. The molecule has 2 aliphatic rings. The second-order valence-corrected chi connectivity index (χ2v) is 6.08. The highest BCUT2D eigenvalue weighted by molar-refractivity contribution is 7.99. The molecule has 0 aromatic heterocycles. The predicted octanol–water partition coefficient (Wildman–Crippen LogP) is 2.75. The highest BCUT2D eigenvalue weighted by atomic mass is 32.2. The minimum absolute atomic E-state index is 0.0137. The monoisotopic (exact) mass is 267 g/mol. The van der Waals surface area contributed by atoms with Gasteiger partial charge in [0.1, 0.15) is 5.82 Å². The van der Waals surface area contributed by atoms with E-state index in [-0.39, 0.29) is 17.5 Å². The summed E-state index contributed by atoms with van der Waals surface area (Å²) < 4.78 is 20.1. The van der Waals surface area contributed by atoms with Crippen LogP contribution < -0.4 is 5.32 Å². The molecule has 0 bridgehead atoms. The Morgan fingerprint density at radius 1 is 1.39 bits per heavy atom. The average Bonchev–Trinajstić information content (AvgIpc) is 2.41. The van der Waals surface area contributed by atoms with Gasteiger partial charge in [-0.15, -0.1) is 0 Å². The summed E-state index contributed by atoms with van der Waals surface area (Å²) in [6.07, 6.45) is 2.17. The van der Waals surface area contributed by atoms with Crippen LogP contribution in [0.25, 0.3) is 0 Å². The zero-order valence-corrected chi connectivity index (χ0v) is 11.1. The first-order valence-corrected chi connectivity index (χ1v) is 7.67. The maximum absolute atomic E-state index is 14.0. The van der Waals surface area contributed by atoms with E-state index in [9.17, 15) is 4.39 Å². The van der Waals surface area contributed by atoms with Crippen LogP contribution in [-0.2, 0) is 4.74 Å². The van der Waals surface area contributed by atoms with Crippen molar-refractivity contribution < 1.29 is 9.13 Å². The van der Waals surface area contributed by atoms with Gasteiger partial charge < -0.3 is 10.1 Å². The van der Waals surface area contributed by atoms with E-state index in [1.54, 1.807) is 6.07 Å². The first-order valence-electron chi connectivity index (χ1n) is 6.51. The SMILES string of the molecule is Fc1ccccc1C1NCCOC12CCCSC2. The maximum Gasteiger partial charge on any atom is 0.128 e. The first-order chi connectivity index (χ1) is 8.82. The van der Waals surface area contributed by atoms with Gasteiger partial charge in [0.05, 0.1) is 18.2 Å². The molecule has 18 heavy (non-hydrogen) atoms. The Morgan fingerprint density at radius 2 is 2.28 bits per heavy atom. The summed E-state index contributed by atoms with van der Waals surface area (Å²) in [5.74, 6) is 2.02. The van der Waals surface area contributed by atoms with Crippen molar-refractivity contribution in [3.63, 3.8) is 0 Å². The van der Waals surface area contributed by atoms with Gasteiger partial charge in [0.15, 0.2) is 0 Å². The fourth-order valence-corrected chi connectivity index (χ4v) is 4.19. The number of thioether (sulfide) groups is 1. The Labute approximate surface area is 111 Å². The molecule has 2 nitrogen and oxygen atoms in total. The number of morpholine rings is 1. The van der Waals surface area contributed by atoms with E-state index in [1.807, 2.05) is 23.9 Å². The molecule has 2 atom stereocenters. The molecule has 0 saturated carbocycles. The molecule has 2 heterocycles. The summed E-state index contributed by atoms with van der Waals surface area (Å²) in [4.78, 5) is 0. The summed E-state index contributed by atoms with van der Waals surface area (Å²) in [6.45, 7) is 1.52. The molecule has 2 fully saturated rings. The largest absolute Gasteiger partial charge is 0.371 e. The van der Waals surface area contributed by atoms with E-state index < -0.39 is 0 Å². The Bertz CT molecular complexity index is 412. The van der Waals surface area contributed by atoms with Crippen molar-refractivity contribution in [2.45, 2.75) is 24.5 Å². The summed E-state index contributed by atoms with van der Waals surface area (Å²) in [5.41, 5.74) is 0.531. The lowest BCUT2D eigenvalue weighted by Crippen LogP contribution is -2.55. The van der Waals surface area contributed by atoms with Crippen molar-refractivity contribution in [3.8, 4) is 0 Å². The summed E-state index contributed by atoms with van der Waals surface area (Å²) >= 11 is 1.92. The van der Waals surface area contributed by atoms with Crippen LogP contribution in [0.15, 0.2) is 24.3 Å². The van der Waals surface area contributed by atoms with Crippen LogP contribution in [0, 0.1) is 5.82 Å². The summed E-state index contributed by atoms with van der Waals surface area (Å²) in [6, 6.07) is 7.04. The van der Waals surface area contributed by atoms with Crippen molar-refractivity contribution in [2.24, 2.45) is 0 Å². The Hall–Kier alpha value is -0.580. The molecule has 2 saturated heterocycles. The van der Waals surface area contributed by atoms with E-state index in [0.29, 0.717) is 0 Å². The van der Waals surface area contributed by atoms with E-state index in [1.165, 1.54) is 11.8 Å². The minimum atomic E-state index is -0.219. The third kappa shape index (κ3) is 2.17.